The van der Waals surface area contributed by atoms with Crippen molar-refractivity contribution in [2.45, 2.75) is 12.0 Å². The minimum atomic E-state index is -1.12. The second-order valence-corrected chi connectivity index (χ2v) is 7.02. The number of benzene rings is 2. The first kappa shape index (κ1) is 17.7. The first-order valence-electron chi connectivity index (χ1n) is 7.72. The third-order valence-electron chi connectivity index (χ3n) is 4.18. The lowest BCUT2D eigenvalue weighted by molar-refractivity contribution is -0.138. The van der Waals surface area contributed by atoms with Gasteiger partial charge in [0.25, 0.3) is 0 Å². The molecule has 0 bridgehead atoms. The molecule has 0 saturated carbocycles. The maximum atomic E-state index is 12.0. The predicted octanol–water partition coefficient (Wildman–Crippen LogP) is 3.56. The number of aliphatic carboxylic acids is 1. The molecule has 130 valence electrons. The number of carboxylic acid groups (broad SMARTS) is 1. The van der Waals surface area contributed by atoms with Gasteiger partial charge in [0.15, 0.2) is 0 Å². The highest BCUT2D eigenvalue weighted by molar-refractivity contribution is 8.68. The van der Waals surface area contributed by atoms with Gasteiger partial charge in [0.1, 0.15) is 12.6 Å². The molecule has 1 aliphatic rings. The van der Waals surface area contributed by atoms with Gasteiger partial charge in [-0.05, 0) is 22.3 Å². The molecule has 1 aliphatic carbocycles. The molecule has 25 heavy (non-hydrogen) atoms. The number of thiol groups is 1. The fourth-order valence-corrected chi connectivity index (χ4v) is 3.85. The average molecular weight is 375 g/mol. The van der Waals surface area contributed by atoms with Gasteiger partial charge in [-0.1, -0.05) is 59.3 Å². The summed E-state index contributed by atoms with van der Waals surface area (Å²) in [6.45, 7) is 0.153. The quantitative estimate of drug-likeness (QED) is 0.532. The number of carboxylic acids is 1. The molecular formula is C18H17NO4S2. The number of fused-ring (bicyclic) bond motifs is 3. The molecule has 0 unspecified atom stereocenters. The van der Waals surface area contributed by atoms with Crippen LogP contribution in [0.5, 0.6) is 0 Å². The van der Waals surface area contributed by atoms with Gasteiger partial charge in [-0.2, -0.15) is 0 Å². The van der Waals surface area contributed by atoms with Crippen LogP contribution in [-0.2, 0) is 9.53 Å². The molecule has 2 N–H and O–H groups in total. The van der Waals surface area contributed by atoms with Crippen LogP contribution in [0.4, 0.5) is 4.79 Å². The average Bonchev–Trinajstić information content (AvgIpc) is 2.93. The topological polar surface area (TPSA) is 75.6 Å². The number of amides is 1. The van der Waals surface area contributed by atoms with Gasteiger partial charge in [-0.25, -0.2) is 9.59 Å². The third-order valence-corrected chi connectivity index (χ3v) is 5.10. The van der Waals surface area contributed by atoms with E-state index < -0.39 is 18.1 Å². The van der Waals surface area contributed by atoms with Gasteiger partial charge in [0, 0.05) is 11.7 Å². The first-order valence-corrected chi connectivity index (χ1v) is 9.76. The van der Waals surface area contributed by atoms with E-state index in [-0.39, 0.29) is 18.3 Å². The molecular weight excluding hydrogens is 358 g/mol. The molecule has 1 atom stereocenters. The highest BCUT2D eigenvalue weighted by atomic mass is 33.1. The monoisotopic (exact) mass is 375 g/mol. The molecule has 7 heteroatoms. The fraction of sp³-hybridized carbons (Fsp3) is 0.222. The summed E-state index contributed by atoms with van der Waals surface area (Å²) in [7, 11) is 1.05. The number of ether oxygens (including phenoxy) is 1. The van der Waals surface area contributed by atoms with Crippen molar-refractivity contribution in [2.75, 3.05) is 12.4 Å². The molecule has 0 radical (unpaired) electrons. The molecule has 3 rings (SSSR count). The van der Waals surface area contributed by atoms with Crippen molar-refractivity contribution in [3.63, 3.8) is 0 Å². The van der Waals surface area contributed by atoms with Crippen LogP contribution in [0.3, 0.4) is 0 Å². The Morgan fingerprint density at radius 1 is 1.12 bits per heavy atom. The summed E-state index contributed by atoms with van der Waals surface area (Å²) in [5.41, 5.74) is 4.50. The van der Waals surface area contributed by atoms with Gasteiger partial charge in [-0.3, -0.25) is 0 Å². The molecule has 0 aromatic heterocycles. The molecule has 2 aromatic rings. The summed E-state index contributed by atoms with van der Waals surface area (Å²) in [6, 6.07) is 15.0. The molecule has 1 amide bonds. The predicted molar refractivity (Wildman–Crippen MR) is 101 cm³/mol. The summed E-state index contributed by atoms with van der Waals surface area (Å²) >= 11 is 3.92. The minimum absolute atomic E-state index is 0.0549. The number of carbonyl (C=O) groups is 2. The Bertz CT molecular complexity index is 751. The van der Waals surface area contributed by atoms with E-state index in [1.165, 1.54) is 0 Å². The second kappa shape index (κ2) is 7.84. The van der Waals surface area contributed by atoms with Crippen molar-refractivity contribution in [1.29, 1.82) is 0 Å². The van der Waals surface area contributed by atoms with E-state index in [0.29, 0.717) is 0 Å². The van der Waals surface area contributed by atoms with Crippen LogP contribution >= 0.6 is 22.5 Å². The maximum absolute atomic E-state index is 12.0. The van der Waals surface area contributed by atoms with E-state index in [9.17, 15) is 9.59 Å². The Morgan fingerprint density at radius 2 is 1.68 bits per heavy atom. The molecule has 5 nitrogen and oxygen atoms in total. The SMILES string of the molecule is O=C(N[C@@H](CSS)C(=O)O)OCC1c2ccccc2-c2ccccc21. The molecule has 0 saturated heterocycles. The standard InChI is InChI=1S/C18H17NO4S2/c20-17(21)16(10-25-24)19-18(22)23-9-15-13-7-3-1-5-11(13)12-6-2-4-8-14(12)15/h1-8,15-16,24H,9-10H2,(H,19,22)(H,20,21)/t16-/m0/s1. The zero-order valence-corrected chi connectivity index (χ0v) is 14.9. The zero-order chi connectivity index (χ0) is 17.8. The summed E-state index contributed by atoms with van der Waals surface area (Å²) in [5, 5.41) is 11.4. The Hall–Kier alpha value is -2.12. The molecule has 0 spiro atoms. The summed E-state index contributed by atoms with van der Waals surface area (Å²) in [6.07, 6.45) is -0.739. The van der Waals surface area contributed by atoms with Gasteiger partial charge < -0.3 is 15.2 Å². The van der Waals surface area contributed by atoms with Crippen LogP contribution in [0, 0.1) is 0 Å². The van der Waals surface area contributed by atoms with Gasteiger partial charge in [0.05, 0.1) is 0 Å². The molecule has 2 aromatic carbocycles. The van der Waals surface area contributed by atoms with Crippen molar-refractivity contribution in [2.24, 2.45) is 0 Å². The number of hydrogen-bond acceptors (Lipinski definition) is 5. The second-order valence-electron chi connectivity index (χ2n) is 5.66. The normalized spacial score (nSPS) is 13.6. The van der Waals surface area contributed by atoms with Crippen molar-refractivity contribution < 1.29 is 19.4 Å². The highest BCUT2D eigenvalue weighted by Crippen LogP contribution is 2.44. The van der Waals surface area contributed by atoms with Crippen LogP contribution in [0.1, 0.15) is 17.0 Å². The first-order chi connectivity index (χ1) is 12.1. The number of rotatable bonds is 6. The number of hydrogen-bond donors (Lipinski definition) is 3. The fourth-order valence-electron chi connectivity index (χ4n) is 3.03. The zero-order valence-electron chi connectivity index (χ0n) is 13.2. The van der Waals surface area contributed by atoms with Crippen LogP contribution in [0.2, 0.25) is 0 Å². The maximum Gasteiger partial charge on any atom is 0.407 e. The van der Waals surface area contributed by atoms with Crippen LogP contribution in [0.15, 0.2) is 48.5 Å². The summed E-state index contributed by atoms with van der Waals surface area (Å²) in [4.78, 5) is 23.1. The van der Waals surface area contributed by atoms with E-state index in [1.54, 1.807) is 0 Å². The lowest BCUT2D eigenvalue weighted by Gasteiger charge is -2.16. The Kier molecular flexibility index (Phi) is 5.55. The molecule has 0 heterocycles. The van der Waals surface area contributed by atoms with E-state index in [1.807, 2.05) is 36.4 Å². The van der Waals surface area contributed by atoms with Crippen LogP contribution in [0.25, 0.3) is 11.1 Å². The molecule has 0 fully saturated rings. The van der Waals surface area contributed by atoms with E-state index in [0.717, 1.165) is 33.0 Å². The van der Waals surface area contributed by atoms with Crippen LogP contribution in [-0.4, -0.2) is 35.6 Å². The largest absolute Gasteiger partial charge is 0.480 e. The van der Waals surface area contributed by atoms with Gasteiger partial charge >= 0.3 is 12.1 Å². The van der Waals surface area contributed by atoms with E-state index in [4.69, 9.17) is 9.84 Å². The number of carbonyl (C=O) groups excluding carboxylic acids is 1. The summed E-state index contributed by atoms with van der Waals surface area (Å²) in [5.74, 6) is -1.02. The minimum Gasteiger partial charge on any atom is -0.480 e. The Balaban J connectivity index is 1.71. The van der Waals surface area contributed by atoms with Crippen molar-refractivity contribution in [3.05, 3.63) is 59.7 Å². The highest BCUT2D eigenvalue weighted by Gasteiger charge is 2.29. The summed E-state index contributed by atoms with van der Waals surface area (Å²) < 4.78 is 5.32. The van der Waals surface area contributed by atoms with E-state index in [2.05, 4.69) is 29.1 Å². The Labute approximate surface area is 154 Å². The van der Waals surface area contributed by atoms with Crippen molar-refractivity contribution in [1.82, 2.24) is 5.32 Å². The van der Waals surface area contributed by atoms with Crippen LogP contribution < -0.4 is 5.32 Å². The lowest BCUT2D eigenvalue weighted by Crippen LogP contribution is -2.43. The van der Waals surface area contributed by atoms with E-state index >= 15 is 0 Å². The number of alkyl carbamates (subject to hydrolysis) is 1. The van der Waals surface area contributed by atoms with Gasteiger partial charge in [0.2, 0.25) is 0 Å². The van der Waals surface area contributed by atoms with Gasteiger partial charge in [-0.15, -0.1) is 11.7 Å². The Morgan fingerprint density at radius 3 is 2.20 bits per heavy atom. The smallest absolute Gasteiger partial charge is 0.407 e. The molecule has 0 aliphatic heterocycles. The van der Waals surface area contributed by atoms with Crippen molar-refractivity contribution in [3.8, 4) is 11.1 Å². The third kappa shape index (κ3) is 3.77. The lowest BCUT2D eigenvalue weighted by atomic mass is 9.98. The van der Waals surface area contributed by atoms with Crippen molar-refractivity contribution >= 4 is 34.5 Å². The number of nitrogens with one attached hydrogen (secondary N) is 1.